The van der Waals surface area contributed by atoms with Gasteiger partial charge in [-0.25, -0.2) is 4.39 Å². The van der Waals surface area contributed by atoms with Gasteiger partial charge in [0.1, 0.15) is 5.82 Å². The summed E-state index contributed by atoms with van der Waals surface area (Å²) in [6, 6.07) is 9.23. The molecule has 1 aromatic carbocycles. The smallest absolute Gasteiger partial charge is 0.252 e. The van der Waals surface area contributed by atoms with Gasteiger partial charge in [-0.2, -0.15) is 0 Å². The van der Waals surface area contributed by atoms with E-state index < -0.39 is 11.8 Å². The molecule has 0 saturated carbocycles. The lowest BCUT2D eigenvalue weighted by molar-refractivity contribution is -0.121. The number of benzene rings is 1. The molecule has 120 valence electrons. The number of hydrogen-bond donors (Lipinski definition) is 2. The standard InChI is InChI=1S/C17H18FN3O2/c1-11-2-5-13(9-20-11)17(23)21-10-14(16(19)22)8-12-3-6-15(18)7-4-12/h2-7,9,14H,8,10H2,1H3,(H2,19,22)(H,21,23)/t14-/m0/s1. The lowest BCUT2D eigenvalue weighted by Crippen LogP contribution is -2.37. The first-order chi connectivity index (χ1) is 11.0. The van der Waals surface area contributed by atoms with Crippen LogP contribution in [0, 0.1) is 18.7 Å². The Morgan fingerprint density at radius 3 is 2.48 bits per heavy atom. The number of nitrogens with two attached hydrogens (primary N) is 1. The average Bonchev–Trinajstić information content (AvgIpc) is 2.53. The predicted molar refractivity (Wildman–Crippen MR) is 84.1 cm³/mol. The molecule has 0 fully saturated rings. The number of nitrogens with zero attached hydrogens (tertiary/aromatic N) is 1. The van der Waals surface area contributed by atoms with Crippen LogP contribution in [0.4, 0.5) is 4.39 Å². The highest BCUT2D eigenvalue weighted by atomic mass is 19.1. The number of carbonyl (C=O) groups is 2. The summed E-state index contributed by atoms with van der Waals surface area (Å²) in [6.45, 7) is 1.94. The molecule has 3 N–H and O–H groups in total. The van der Waals surface area contributed by atoms with Crippen molar-refractivity contribution in [2.75, 3.05) is 6.54 Å². The quantitative estimate of drug-likeness (QED) is 0.849. The van der Waals surface area contributed by atoms with E-state index in [2.05, 4.69) is 10.3 Å². The molecule has 0 aliphatic heterocycles. The van der Waals surface area contributed by atoms with Crippen LogP contribution in [0.25, 0.3) is 0 Å². The molecule has 2 rings (SSSR count). The molecule has 1 aromatic heterocycles. The zero-order valence-electron chi connectivity index (χ0n) is 12.8. The minimum absolute atomic E-state index is 0.111. The van der Waals surface area contributed by atoms with Crippen molar-refractivity contribution in [3.8, 4) is 0 Å². The van der Waals surface area contributed by atoms with Crippen molar-refractivity contribution in [3.63, 3.8) is 0 Å². The van der Waals surface area contributed by atoms with Crippen molar-refractivity contribution in [2.24, 2.45) is 11.7 Å². The Morgan fingerprint density at radius 2 is 1.91 bits per heavy atom. The van der Waals surface area contributed by atoms with Crippen molar-refractivity contribution in [2.45, 2.75) is 13.3 Å². The van der Waals surface area contributed by atoms with Gasteiger partial charge in [0.05, 0.1) is 11.5 Å². The first-order valence-electron chi connectivity index (χ1n) is 7.20. The summed E-state index contributed by atoms with van der Waals surface area (Å²) in [5, 5.41) is 2.68. The van der Waals surface area contributed by atoms with Gasteiger partial charge in [-0.05, 0) is 43.2 Å². The third-order valence-electron chi connectivity index (χ3n) is 3.48. The Labute approximate surface area is 133 Å². The largest absolute Gasteiger partial charge is 0.369 e. The Kier molecular flexibility index (Phi) is 5.41. The summed E-state index contributed by atoms with van der Waals surface area (Å²) in [6.07, 6.45) is 1.81. The molecule has 0 spiro atoms. The molecule has 0 unspecified atom stereocenters. The summed E-state index contributed by atoms with van der Waals surface area (Å²) in [4.78, 5) is 27.6. The lowest BCUT2D eigenvalue weighted by atomic mass is 9.98. The van der Waals surface area contributed by atoms with E-state index in [1.54, 1.807) is 24.3 Å². The van der Waals surface area contributed by atoms with Crippen LogP contribution < -0.4 is 11.1 Å². The Hall–Kier alpha value is -2.76. The fraction of sp³-hybridized carbons (Fsp3) is 0.235. The van der Waals surface area contributed by atoms with Gasteiger partial charge in [0.25, 0.3) is 5.91 Å². The fourth-order valence-electron chi connectivity index (χ4n) is 2.10. The van der Waals surface area contributed by atoms with Gasteiger partial charge in [-0.1, -0.05) is 12.1 Å². The van der Waals surface area contributed by atoms with E-state index in [0.717, 1.165) is 11.3 Å². The number of carbonyl (C=O) groups excluding carboxylic acids is 2. The first-order valence-corrected chi connectivity index (χ1v) is 7.20. The molecule has 0 bridgehead atoms. The maximum absolute atomic E-state index is 12.9. The van der Waals surface area contributed by atoms with Crippen molar-refractivity contribution in [1.29, 1.82) is 0 Å². The molecule has 23 heavy (non-hydrogen) atoms. The van der Waals surface area contributed by atoms with Crippen LogP contribution in [-0.2, 0) is 11.2 Å². The molecular weight excluding hydrogens is 297 g/mol. The molecule has 0 aliphatic rings. The zero-order chi connectivity index (χ0) is 16.8. The topological polar surface area (TPSA) is 85.1 Å². The number of pyridine rings is 1. The van der Waals surface area contributed by atoms with E-state index in [1.807, 2.05) is 6.92 Å². The molecular formula is C17H18FN3O2. The number of aromatic nitrogens is 1. The van der Waals surface area contributed by atoms with Crippen molar-refractivity contribution in [1.82, 2.24) is 10.3 Å². The lowest BCUT2D eigenvalue weighted by Gasteiger charge is -2.14. The highest BCUT2D eigenvalue weighted by Crippen LogP contribution is 2.10. The second-order valence-electron chi connectivity index (χ2n) is 5.33. The normalized spacial score (nSPS) is 11.7. The van der Waals surface area contributed by atoms with Crippen LogP contribution in [-0.4, -0.2) is 23.3 Å². The summed E-state index contributed by atoms with van der Waals surface area (Å²) >= 11 is 0. The van der Waals surface area contributed by atoms with E-state index >= 15 is 0 Å². The van der Waals surface area contributed by atoms with Gasteiger partial charge in [0.2, 0.25) is 5.91 Å². The van der Waals surface area contributed by atoms with E-state index in [-0.39, 0.29) is 18.3 Å². The Bertz CT molecular complexity index is 684. The van der Waals surface area contributed by atoms with E-state index in [4.69, 9.17) is 5.73 Å². The van der Waals surface area contributed by atoms with Gasteiger partial charge >= 0.3 is 0 Å². The van der Waals surface area contributed by atoms with Crippen LogP contribution in [0.1, 0.15) is 21.6 Å². The molecule has 0 aliphatic carbocycles. The maximum atomic E-state index is 12.9. The zero-order valence-corrected chi connectivity index (χ0v) is 12.8. The van der Waals surface area contributed by atoms with Crippen LogP contribution in [0.3, 0.4) is 0 Å². The molecule has 0 saturated heterocycles. The summed E-state index contributed by atoms with van der Waals surface area (Å²) in [5.41, 5.74) is 7.39. The van der Waals surface area contributed by atoms with E-state index in [0.29, 0.717) is 12.0 Å². The van der Waals surface area contributed by atoms with Gasteiger partial charge in [-0.15, -0.1) is 0 Å². The van der Waals surface area contributed by atoms with Crippen LogP contribution >= 0.6 is 0 Å². The fourth-order valence-corrected chi connectivity index (χ4v) is 2.10. The highest BCUT2D eigenvalue weighted by Gasteiger charge is 2.18. The summed E-state index contributed by atoms with van der Waals surface area (Å²) < 4.78 is 12.9. The number of aryl methyl sites for hydroxylation is 1. The van der Waals surface area contributed by atoms with Crippen LogP contribution in [0.5, 0.6) is 0 Å². The maximum Gasteiger partial charge on any atom is 0.252 e. The molecule has 2 aromatic rings. The van der Waals surface area contributed by atoms with E-state index in [1.165, 1.54) is 18.3 Å². The predicted octanol–water partition coefficient (Wildman–Crippen LogP) is 1.60. The van der Waals surface area contributed by atoms with E-state index in [9.17, 15) is 14.0 Å². The number of rotatable bonds is 6. The molecule has 1 heterocycles. The minimum Gasteiger partial charge on any atom is -0.369 e. The molecule has 5 nitrogen and oxygen atoms in total. The summed E-state index contributed by atoms with van der Waals surface area (Å²) in [5.74, 6) is -1.74. The average molecular weight is 315 g/mol. The molecule has 2 amide bonds. The Balaban J connectivity index is 1.96. The van der Waals surface area contributed by atoms with Crippen molar-refractivity contribution < 1.29 is 14.0 Å². The minimum atomic E-state index is -0.567. The number of amides is 2. The van der Waals surface area contributed by atoms with Gasteiger partial charge in [0, 0.05) is 18.4 Å². The SMILES string of the molecule is Cc1ccc(C(=O)NC[C@H](Cc2ccc(F)cc2)C(N)=O)cn1. The first kappa shape index (κ1) is 16.6. The number of primary amides is 1. The number of hydrogen-bond acceptors (Lipinski definition) is 3. The molecule has 0 radical (unpaired) electrons. The van der Waals surface area contributed by atoms with Crippen molar-refractivity contribution >= 4 is 11.8 Å². The van der Waals surface area contributed by atoms with Gasteiger partial charge in [0.15, 0.2) is 0 Å². The monoisotopic (exact) mass is 315 g/mol. The highest BCUT2D eigenvalue weighted by molar-refractivity contribution is 5.94. The number of halogens is 1. The third kappa shape index (κ3) is 4.88. The summed E-state index contributed by atoms with van der Waals surface area (Å²) in [7, 11) is 0. The van der Waals surface area contributed by atoms with Crippen LogP contribution in [0.2, 0.25) is 0 Å². The van der Waals surface area contributed by atoms with Gasteiger partial charge < -0.3 is 11.1 Å². The molecule has 1 atom stereocenters. The van der Waals surface area contributed by atoms with Crippen LogP contribution in [0.15, 0.2) is 42.6 Å². The second-order valence-corrected chi connectivity index (χ2v) is 5.33. The van der Waals surface area contributed by atoms with Gasteiger partial charge in [-0.3, -0.25) is 14.6 Å². The van der Waals surface area contributed by atoms with Crippen molar-refractivity contribution in [3.05, 3.63) is 65.2 Å². The number of nitrogens with one attached hydrogen (secondary N) is 1. The second kappa shape index (κ2) is 7.49. The third-order valence-corrected chi connectivity index (χ3v) is 3.48. The molecule has 6 heteroatoms. The Morgan fingerprint density at radius 1 is 1.22 bits per heavy atom.